The summed E-state index contributed by atoms with van der Waals surface area (Å²) in [7, 11) is 0. The third-order valence-corrected chi connectivity index (χ3v) is 1.39. The number of aliphatic carboxylic acids is 2. The Balaban J connectivity index is 4.45. The third kappa shape index (κ3) is 3.81. The lowest BCUT2D eigenvalue weighted by Crippen LogP contribution is -2.45. The van der Waals surface area contributed by atoms with E-state index in [4.69, 9.17) is 10.2 Å². The summed E-state index contributed by atoms with van der Waals surface area (Å²) in [5.74, 6) is -3.37. The van der Waals surface area contributed by atoms with Gasteiger partial charge in [-0.2, -0.15) is 0 Å². The number of carboxylic acid groups (broad SMARTS) is 2. The molecular formula is C8H11NO5. The van der Waals surface area contributed by atoms with Crippen LogP contribution >= 0.6 is 0 Å². The summed E-state index contributed by atoms with van der Waals surface area (Å²) in [5, 5.41) is 19.0. The Kier molecular flexibility index (Phi) is 4.51. The average molecular weight is 201 g/mol. The van der Waals surface area contributed by atoms with E-state index in [2.05, 4.69) is 11.9 Å². The summed E-state index contributed by atoms with van der Waals surface area (Å²) < 4.78 is 0. The fraction of sp³-hybridized carbons (Fsp3) is 0.375. The van der Waals surface area contributed by atoms with Gasteiger partial charge in [0.25, 0.3) is 0 Å². The number of carbonyl (C=O) groups is 3. The molecular weight excluding hydrogens is 190 g/mol. The largest absolute Gasteiger partial charge is 0.480 e. The topological polar surface area (TPSA) is 104 Å². The van der Waals surface area contributed by atoms with Gasteiger partial charge in [-0.3, -0.25) is 19.7 Å². The van der Waals surface area contributed by atoms with Crippen molar-refractivity contribution in [1.82, 2.24) is 5.32 Å². The van der Waals surface area contributed by atoms with Gasteiger partial charge >= 0.3 is 11.9 Å². The van der Waals surface area contributed by atoms with Crippen LogP contribution in [0.5, 0.6) is 0 Å². The van der Waals surface area contributed by atoms with Crippen LogP contribution in [0.3, 0.4) is 0 Å². The van der Waals surface area contributed by atoms with E-state index >= 15 is 0 Å². The van der Waals surface area contributed by atoms with Gasteiger partial charge in [0, 0.05) is 0 Å². The van der Waals surface area contributed by atoms with Crippen LogP contribution in [0.15, 0.2) is 12.2 Å². The highest BCUT2D eigenvalue weighted by Gasteiger charge is 2.26. The zero-order chi connectivity index (χ0) is 11.3. The molecule has 0 aromatic rings. The molecule has 14 heavy (non-hydrogen) atoms. The van der Waals surface area contributed by atoms with Gasteiger partial charge in [-0.25, -0.2) is 0 Å². The second kappa shape index (κ2) is 5.13. The molecule has 1 unspecified atom stereocenters. The molecule has 0 aliphatic heterocycles. The molecule has 1 atom stereocenters. The average Bonchev–Trinajstić information content (AvgIpc) is 2.02. The van der Waals surface area contributed by atoms with Crippen LogP contribution in [0, 0.1) is 0 Å². The lowest BCUT2D eigenvalue weighted by Gasteiger charge is -2.11. The minimum Gasteiger partial charge on any atom is -0.480 e. The third-order valence-electron chi connectivity index (χ3n) is 1.39. The van der Waals surface area contributed by atoms with Crippen LogP contribution < -0.4 is 5.32 Å². The Hall–Kier alpha value is -1.69. The highest BCUT2D eigenvalue weighted by Crippen LogP contribution is 1.97. The summed E-state index contributed by atoms with van der Waals surface area (Å²) in [6.45, 7) is 4.06. The van der Waals surface area contributed by atoms with Crippen LogP contribution in [0.1, 0.15) is 6.92 Å². The van der Waals surface area contributed by atoms with Crippen LogP contribution in [-0.2, 0) is 14.4 Å². The molecule has 6 heteroatoms. The van der Waals surface area contributed by atoms with E-state index in [0.29, 0.717) is 0 Å². The van der Waals surface area contributed by atoms with Gasteiger partial charge in [-0.1, -0.05) is 6.58 Å². The summed E-state index contributed by atoms with van der Waals surface area (Å²) in [6.07, 6.45) is 0. The normalized spacial score (nSPS) is 11.8. The van der Waals surface area contributed by atoms with E-state index in [0.717, 1.165) is 0 Å². The van der Waals surface area contributed by atoms with Crippen LogP contribution in [-0.4, -0.2) is 40.5 Å². The van der Waals surface area contributed by atoms with Crippen molar-refractivity contribution >= 4 is 17.7 Å². The highest BCUT2D eigenvalue weighted by molar-refractivity contribution is 6.10. The van der Waals surface area contributed by atoms with Gasteiger partial charge < -0.3 is 10.2 Å². The number of Topliss-reactive ketones (excluding diaryl/α,β-unsaturated/α-hetero) is 1. The summed E-state index contributed by atoms with van der Waals surface area (Å²) in [4.78, 5) is 31.8. The molecule has 0 radical (unpaired) electrons. The van der Waals surface area contributed by atoms with Crippen LogP contribution in [0.25, 0.3) is 0 Å². The molecule has 0 aromatic carbocycles. The maximum Gasteiger partial charge on any atom is 0.328 e. The van der Waals surface area contributed by atoms with Crippen LogP contribution in [0.4, 0.5) is 0 Å². The molecule has 0 aliphatic carbocycles. The number of rotatable bonds is 6. The first kappa shape index (κ1) is 12.3. The van der Waals surface area contributed by atoms with E-state index in [9.17, 15) is 14.4 Å². The molecule has 0 spiro atoms. The van der Waals surface area contributed by atoms with Crippen molar-refractivity contribution in [2.45, 2.75) is 13.0 Å². The Labute approximate surface area is 80.2 Å². The Bertz CT molecular complexity index is 283. The summed E-state index contributed by atoms with van der Waals surface area (Å²) >= 11 is 0. The molecule has 0 rings (SSSR count). The molecule has 0 aromatic heterocycles. The fourth-order valence-electron chi connectivity index (χ4n) is 0.728. The van der Waals surface area contributed by atoms with Crippen molar-refractivity contribution in [1.29, 1.82) is 0 Å². The zero-order valence-corrected chi connectivity index (χ0v) is 7.61. The Morgan fingerprint density at radius 3 is 2.14 bits per heavy atom. The maximum atomic E-state index is 11.2. The SMILES string of the molecule is C=C(C)C(=O)C(NCC(=O)O)C(=O)O. The maximum absolute atomic E-state index is 11.2. The minimum atomic E-state index is -1.54. The standard InChI is InChI=1S/C8H11NO5/c1-4(2)7(12)6(8(13)14)9-3-5(10)11/h6,9H,1,3H2,2H3,(H,10,11)(H,13,14). The molecule has 78 valence electrons. The van der Waals surface area contributed by atoms with Gasteiger partial charge in [-0.15, -0.1) is 0 Å². The quantitative estimate of drug-likeness (QED) is 0.386. The predicted molar refractivity (Wildman–Crippen MR) is 46.9 cm³/mol. The first-order valence-electron chi connectivity index (χ1n) is 3.74. The second-order valence-electron chi connectivity index (χ2n) is 2.69. The number of nitrogens with one attached hydrogen (secondary N) is 1. The molecule has 3 N–H and O–H groups in total. The van der Waals surface area contributed by atoms with Gasteiger partial charge in [0.15, 0.2) is 11.8 Å². The van der Waals surface area contributed by atoms with E-state index in [1.54, 1.807) is 0 Å². The Morgan fingerprint density at radius 2 is 1.86 bits per heavy atom. The van der Waals surface area contributed by atoms with E-state index < -0.39 is 30.3 Å². The van der Waals surface area contributed by atoms with Gasteiger partial charge in [0.1, 0.15) is 0 Å². The lowest BCUT2D eigenvalue weighted by molar-refractivity contribution is -0.143. The minimum absolute atomic E-state index is 0.0651. The van der Waals surface area contributed by atoms with Gasteiger partial charge in [0.2, 0.25) is 0 Å². The molecule has 6 nitrogen and oxygen atoms in total. The predicted octanol–water partition coefficient (Wildman–Crippen LogP) is -0.741. The zero-order valence-electron chi connectivity index (χ0n) is 7.61. The van der Waals surface area contributed by atoms with E-state index in [1.807, 2.05) is 0 Å². The number of hydrogen-bond donors (Lipinski definition) is 3. The summed E-state index contributed by atoms with van der Waals surface area (Å²) in [5.41, 5.74) is 0.0651. The van der Waals surface area contributed by atoms with Crippen LogP contribution in [0.2, 0.25) is 0 Å². The summed E-state index contributed by atoms with van der Waals surface area (Å²) in [6, 6.07) is -1.54. The first-order valence-corrected chi connectivity index (χ1v) is 3.74. The van der Waals surface area contributed by atoms with Crippen molar-refractivity contribution in [3.63, 3.8) is 0 Å². The fourth-order valence-corrected chi connectivity index (χ4v) is 0.728. The monoisotopic (exact) mass is 201 g/mol. The first-order chi connectivity index (χ1) is 6.36. The number of ketones is 1. The van der Waals surface area contributed by atoms with Crippen molar-refractivity contribution in [2.24, 2.45) is 0 Å². The number of carbonyl (C=O) groups excluding carboxylic acids is 1. The van der Waals surface area contributed by atoms with Crippen molar-refractivity contribution in [2.75, 3.05) is 6.54 Å². The molecule has 0 aliphatic rings. The van der Waals surface area contributed by atoms with Gasteiger partial charge in [-0.05, 0) is 12.5 Å². The second-order valence-corrected chi connectivity index (χ2v) is 2.69. The molecule has 0 saturated carbocycles. The van der Waals surface area contributed by atoms with Gasteiger partial charge in [0.05, 0.1) is 6.54 Å². The Morgan fingerprint density at radius 1 is 1.36 bits per heavy atom. The van der Waals surface area contributed by atoms with Crippen molar-refractivity contribution in [3.8, 4) is 0 Å². The molecule has 0 fully saturated rings. The molecule has 0 amide bonds. The molecule has 0 heterocycles. The smallest absolute Gasteiger partial charge is 0.328 e. The highest BCUT2D eigenvalue weighted by atomic mass is 16.4. The van der Waals surface area contributed by atoms with E-state index in [1.165, 1.54) is 6.92 Å². The number of carboxylic acids is 2. The molecule has 0 bridgehead atoms. The van der Waals surface area contributed by atoms with Crippen molar-refractivity contribution in [3.05, 3.63) is 12.2 Å². The molecule has 0 saturated heterocycles. The lowest BCUT2D eigenvalue weighted by atomic mass is 10.1. The number of hydrogen-bond acceptors (Lipinski definition) is 4. The van der Waals surface area contributed by atoms with Crippen molar-refractivity contribution < 1.29 is 24.6 Å². The van der Waals surface area contributed by atoms with E-state index in [-0.39, 0.29) is 5.57 Å².